The standard InChI is InChI=1S/C13H17ClN2OS/c1-8(2)11-5-9(6-12(14)16-11)13(17)15-10-3-4-18-7-10/h5-6,8,10H,3-4,7H2,1-2H3,(H,15,17). The van der Waals surface area contributed by atoms with Crippen LogP contribution in [0.15, 0.2) is 12.1 Å². The van der Waals surface area contributed by atoms with Crippen LogP contribution in [0.2, 0.25) is 5.15 Å². The van der Waals surface area contributed by atoms with Crippen molar-refractivity contribution in [2.24, 2.45) is 0 Å². The molecule has 1 amide bonds. The van der Waals surface area contributed by atoms with Gasteiger partial charge < -0.3 is 5.32 Å². The van der Waals surface area contributed by atoms with Crippen LogP contribution in [0.3, 0.4) is 0 Å². The number of thioether (sulfide) groups is 1. The number of rotatable bonds is 3. The minimum Gasteiger partial charge on any atom is -0.348 e. The van der Waals surface area contributed by atoms with Crippen LogP contribution in [-0.2, 0) is 0 Å². The molecule has 1 saturated heterocycles. The van der Waals surface area contributed by atoms with Crippen LogP contribution in [0.4, 0.5) is 0 Å². The second-order valence-electron chi connectivity index (χ2n) is 4.79. The minimum atomic E-state index is -0.0475. The number of halogens is 1. The summed E-state index contributed by atoms with van der Waals surface area (Å²) in [5.41, 5.74) is 1.46. The maximum atomic E-state index is 12.1. The lowest BCUT2D eigenvalue weighted by atomic mass is 10.1. The fourth-order valence-electron chi connectivity index (χ4n) is 1.86. The van der Waals surface area contributed by atoms with Crippen LogP contribution in [0.25, 0.3) is 0 Å². The van der Waals surface area contributed by atoms with Gasteiger partial charge in [0, 0.05) is 23.1 Å². The molecule has 1 aliphatic heterocycles. The monoisotopic (exact) mass is 284 g/mol. The van der Waals surface area contributed by atoms with Crippen molar-refractivity contribution in [2.75, 3.05) is 11.5 Å². The van der Waals surface area contributed by atoms with E-state index in [4.69, 9.17) is 11.6 Å². The zero-order chi connectivity index (χ0) is 13.1. The molecule has 1 unspecified atom stereocenters. The number of hydrogen-bond donors (Lipinski definition) is 1. The average Bonchev–Trinajstić information content (AvgIpc) is 2.80. The Labute approximate surface area is 117 Å². The topological polar surface area (TPSA) is 42.0 Å². The maximum Gasteiger partial charge on any atom is 0.251 e. The van der Waals surface area contributed by atoms with Gasteiger partial charge in [0.1, 0.15) is 5.15 Å². The third kappa shape index (κ3) is 3.39. The molecular weight excluding hydrogens is 268 g/mol. The first-order valence-corrected chi connectivity index (χ1v) is 7.65. The summed E-state index contributed by atoms with van der Waals surface area (Å²) in [5, 5.41) is 3.42. The zero-order valence-corrected chi connectivity index (χ0v) is 12.1. The van der Waals surface area contributed by atoms with E-state index in [1.807, 2.05) is 31.7 Å². The van der Waals surface area contributed by atoms with Crippen molar-refractivity contribution in [3.63, 3.8) is 0 Å². The molecule has 18 heavy (non-hydrogen) atoms. The highest BCUT2D eigenvalue weighted by Gasteiger charge is 2.19. The van der Waals surface area contributed by atoms with Gasteiger partial charge in [0.15, 0.2) is 0 Å². The Balaban J connectivity index is 2.13. The SMILES string of the molecule is CC(C)c1cc(C(=O)NC2CCSC2)cc(Cl)n1. The molecule has 98 valence electrons. The maximum absolute atomic E-state index is 12.1. The molecular formula is C13H17ClN2OS. The van der Waals surface area contributed by atoms with Crippen molar-refractivity contribution in [1.29, 1.82) is 0 Å². The molecule has 5 heteroatoms. The Hall–Kier alpha value is -0.740. The lowest BCUT2D eigenvalue weighted by Crippen LogP contribution is -2.34. The van der Waals surface area contributed by atoms with Gasteiger partial charge in [-0.25, -0.2) is 4.98 Å². The first-order chi connectivity index (χ1) is 8.56. The van der Waals surface area contributed by atoms with Crippen LogP contribution in [-0.4, -0.2) is 28.4 Å². The van der Waals surface area contributed by atoms with E-state index >= 15 is 0 Å². The molecule has 0 aliphatic carbocycles. The van der Waals surface area contributed by atoms with Crippen LogP contribution in [0.5, 0.6) is 0 Å². The normalized spacial score (nSPS) is 19.2. The molecule has 1 aromatic heterocycles. The quantitative estimate of drug-likeness (QED) is 0.867. The molecule has 2 heterocycles. The minimum absolute atomic E-state index is 0.0475. The highest BCUT2D eigenvalue weighted by Crippen LogP contribution is 2.20. The fourth-order valence-corrected chi connectivity index (χ4v) is 3.23. The Morgan fingerprint density at radius 1 is 1.56 bits per heavy atom. The number of nitrogens with zero attached hydrogens (tertiary/aromatic N) is 1. The molecule has 1 N–H and O–H groups in total. The Morgan fingerprint density at radius 2 is 2.33 bits per heavy atom. The lowest BCUT2D eigenvalue weighted by Gasteiger charge is -2.13. The van der Waals surface area contributed by atoms with Crippen molar-refractivity contribution in [1.82, 2.24) is 10.3 Å². The highest BCUT2D eigenvalue weighted by molar-refractivity contribution is 7.99. The van der Waals surface area contributed by atoms with Crippen LogP contribution in [0, 0.1) is 0 Å². The number of carbonyl (C=O) groups excluding carboxylic acids is 1. The van der Waals surface area contributed by atoms with Crippen LogP contribution >= 0.6 is 23.4 Å². The fraction of sp³-hybridized carbons (Fsp3) is 0.538. The molecule has 1 fully saturated rings. The summed E-state index contributed by atoms with van der Waals surface area (Å²) in [6, 6.07) is 3.75. The van der Waals surface area contributed by atoms with Gasteiger partial charge in [-0.2, -0.15) is 11.8 Å². The van der Waals surface area contributed by atoms with Crippen molar-refractivity contribution in [3.05, 3.63) is 28.5 Å². The molecule has 2 rings (SSSR count). The highest BCUT2D eigenvalue weighted by atomic mass is 35.5. The predicted molar refractivity (Wildman–Crippen MR) is 76.5 cm³/mol. The van der Waals surface area contributed by atoms with Gasteiger partial charge in [0.2, 0.25) is 0 Å². The number of amides is 1. The van der Waals surface area contributed by atoms with Gasteiger partial charge >= 0.3 is 0 Å². The third-order valence-corrected chi connectivity index (χ3v) is 4.29. The molecule has 0 radical (unpaired) electrons. The zero-order valence-electron chi connectivity index (χ0n) is 10.6. The van der Waals surface area contributed by atoms with Gasteiger partial charge in [-0.05, 0) is 30.2 Å². The van der Waals surface area contributed by atoms with E-state index in [0.717, 1.165) is 23.6 Å². The molecule has 0 aromatic carbocycles. The second-order valence-corrected chi connectivity index (χ2v) is 6.33. The van der Waals surface area contributed by atoms with E-state index in [1.54, 1.807) is 6.07 Å². The first kappa shape index (κ1) is 13.7. The van der Waals surface area contributed by atoms with Gasteiger partial charge in [0.25, 0.3) is 5.91 Å². The molecule has 1 aromatic rings. The molecule has 0 saturated carbocycles. The smallest absolute Gasteiger partial charge is 0.251 e. The van der Waals surface area contributed by atoms with Gasteiger partial charge in [-0.3, -0.25) is 4.79 Å². The molecule has 1 aliphatic rings. The first-order valence-electron chi connectivity index (χ1n) is 6.12. The summed E-state index contributed by atoms with van der Waals surface area (Å²) in [6.07, 6.45) is 1.05. The largest absolute Gasteiger partial charge is 0.348 e. The summed E-state index contributed by atoms with van der Waals surface area (Å²) in [6.45, 7) is 4.07. The lowest BCUT2D eigenvalue weighted by molar-refractivity contribution is 0.0941. The van der Waals surface area contributed by atoms with Crippen molar-refractivity contribution in [2.45, 2.75) is 32.2 Å². The van der Waals surface area contributed by atoms with Crippen LogP contribution in [0.1, 0.15) is 42.2 Å². The van der Waals surface area contributed by atoms with Crippen molar-refractivity contribution < 1.29 is 4.79 Å². The number of nitrogens with one attached hydrogen (secondary N) is 1. The van der Waals surface area contributed by atoms with Gasteiger partial charge in [-0.1, -0.05) is 25.4 Å². The Kier molecular flexibility index (Phi) is 4.51. The van der Waals surface area contributed by atoms with Crippen molar-refractivity contribution >= 4 is 29.3 Å². The van der Waals surface area contributed by atoms with E-state index in [0.29, 0.717) is 10.7 Å². The van der Waals surface area contributed by atoms with E-state index in [9.17, 15) is 4.79 Å². The number of carbonyl (C=O) groups is 1. The van der Waals surface area contributed by atoms with E-state index < -0.39 is 0 Å². The summed E-state index contributed by atoms with van der Waals surface area (Å²) in [4.78, 5) is 16.3. The van der Waals surface area contributed by atoms with Gasteiger partial charge in [-0.15, -0.1) is 0 Å². The molecule has 3 nitrogen and oxygen atoms in total. The Bertz CT molecular complexity index is 445. The van der Waals surface area contributed by atoms with Crippen LogP contribution < -0.4 is 5.32 Å². The third-order valence-electron chi connectivity index (χ3n) is 2.93. The molecule has 1 atom stereocenters. The van der Waals surface area contributed by atoms with E-state index in [-0.39, 0.29) is 17.9 Å². The predicted octanol–water partition coefficient (Wildman–Crippen LogP) is 3.09. The molecule has 0 bridgehead atoms. The second kappa shape index (κ2) is 5.93. The van der Waals surface area contributed by atoms with Gasteiger partial charge in [0.05, 0.1) is 0 Å². The van der Waals surface area contributed by atoms with Crippen molar-refractivity contribution in [3.8, 4) is 0 Å². The number of hydrogen-bond acceptors (Lipinski definition) is 3. The number of pyridine rings is 1. The average molecular weight is 285 g/mol. The number of aromatic nitrogens is 1. The van der Waals surface area contributed by atoms with E-state index in [1.165, 1.54) is 0 Å². The summed E-state index contributed by atoms with van der Waals surface area (Å²) >= 11 is 7.84. The summed E-state index contributed by atoms with van der Waals surface area (Å²) in [7, 11) is 0. The summed E-state index contributed by atoms with van der Waals surface area (Å²) in [5.74, 6) is 2.34. The Morgan fingerprint density at radius 3 is 2.94 bits per heavy atom. The summed E-state index contributed by atoms with van der Waals surface area (Å²) < 4.78 is 0. The molecule has 0 spiro atoms. The van der Waals surface area contributed by atoms with E-state index in [2.05, 4.69) is 10.3 Å².